The number of benzene rings is 1. The Hall–Kier alpha value is -1.36. The number of anilines is 1. The predicted molar refractivity (Wildman–Crippen MR) is 70.0 cm³/mol. The second kappa shape index (κ2) is 6.39. The highest BCUT2D eigenvalue weighted by Gasteiger charge is 2.10. The highest BCUT2D eigenvalue weighted by molar-refractivity contribution is 9.09. The lowest BCUT2D eigenvalue weighted by atomic mass is 10.1. The topological polar surface area (TPSA) is 55.4 Å². The molecule has 0 heterocycles. The van der Waals surface area contributed by atoms with Crippen molar-refractivity contribution < 1.29 is 14.3 Å². The van der Waals surface area contributed by atoms with E-state index in [0.29, 0.717) is 23.6 Å². The van der Waals surface area contributed by atoms with E-state index in [2.05, 4.69) is 21.2 Å². The van der Waals surface area contributed by atoms with Crippen molar-refractivity contribution in [1.82, 2.24) is 0 Å². The zero-order valence-electron chi connectivity index (χ0n) is 9.75. The molecule has 0 bridgehead atoms. The van der Waals surface area contributed by atoms with Gasteiger partial charge in [0, 0.05) is 12.5 Å². The molecule has 0 spiro atoms. The normalized spacial score (nSPS) is 9.82. The van der Waals surface area contributed by atoms with E-state index < -0.39 is 0 Å². The standard InChI is InChI=1S/C12H14BrNO3/c1-3-17-12-5-4-9(11(16)7-13)6-10(12)14-8(2)15/h4-6H,3,7H2,1-2H3,(H,14,15). The number of rotatable bonds is 5. The summed E-state index contributed by atoms with van der Waals surface area (Å²) in [6.07, 6.45) is 0. The SMILES string of the molecule is CCOc1ccc(C(=O)CBr)cc1NC(C)=O. The van der Waals surface area contributed by atoms with Gasteiger partial charge in [-0.15, -0.1) is 0 Å². The fourth-order valence-corrected chi connectivity index (χ4v) is 1.67. The van der Waals surface area contributed by atoms with Gasteiger partial charge in [-0.2, -0.15) is 0 Å². The van der Waals surface area contributed by atoms with Crippen LogP contribution in [-0.4, -0.2) is 23.6 Å². The van der Waals surface area contributed by atoms with Gasteiger partial charge in [0.1, 0.15) is 5.75 Å². The molecule has 0 saturated carbocycles. The summed E-state index contributed by atoms with van der Waals surface area (Å²) in [5.74, 6) is 0.322. The third kappa shape index (κ3) is 3.85. The number of Topliss-reactive ketones (excluding diaryl/α,β-unsaturated/α-hetero) is 1. The maximum absolute atomic E-state index is 11.5. The molecule has 0 aromatic heterocycles. The molecular formula is C12H14BrNO3. The van der Waals surface area contributed by atoms with E-state index in [1.54, 1.807) is 18.2 Å². The van der Waals surface area contributed by atoms with E-state index in [0.717, 1.165) is 0 Å². The Morgan fingerprint density at radius 2 is 2.12 bits per heavy atom. The van der Waals surface area contributed by atoms with Crippen LogP contribution in [0.5, 0.6) is 5.75 Å². The van der Waals surface area contributed by atoms with Crippen LogP contribution in [0, 0.1) is 0 Å². The van der Waals surface area contributed by atoms with Crippen LogP contribution < -0.4 is 10.1 Å². The highest BCUT2D eigenvalue weighted by atomic mass is 79.9. The van der Waals surface area contributed by atoms with Gasteiger partial charge >= 0.3 is 0 Å². The molecule has 0 saturated heterocycles. The maximum Gasteiger partial charge on any atom is 0.221 e. The Kier molecular flexibility index (Phi) is 5.15. The van der Waals surface area contributed by atoms with Crippen molar-refractivity contribution >= 4 is 33.3 Å². The molecule has 0 atom stereocenters. The van der Waals surface area contributed by atoms with E-state index in [9.17, 15) is 9.59 Å². The molecular weight excluding hydrogens is 286 g/mol. The van der Waals surface area contributed by atoms with Crippen molar-refractivity contribution in [2.75, 3.05) is 17.3 Å². The van der Waals surface area contributed by atoms with E-state index in [1.807, 2.05) is 6.92 Å². The van der Waals surface area contributed by atoms with Gasteiger partial charge < -0.3 is 10.1 Å². The lowest BCUT2D eigenvalue weighted by Gasteiger charge is -2.11. The number of hydrogen-bond acceptors (Lipinski definition) is 3. The summed E-state index contributed by atoms with van der Waals surface area (Å²) < 4.78 is 5.37. The molecule has 4 nitrogen and oxygen atoms in total. The van der Waals surface area contributed by atoms with Crippen LogP contribution in [0.4, 0.5) is 5.69 Å². The van der Waals surface area contributed by atoms with Crippen molar-refractivity contribution in [3.05, 3.63) is 23.8 Å². The van der Waals surface area contributed by atoms with E-state index in [1.165, 1.54) is 6.92 Å². The molecule has 1 N–H and O–H groups in total. The Balaban J connectivity index is 3.09. The second-order valence-corrected chi connectivity index (χ2v) is 3.94. The Labute approximate surface area is 108 Å². The molecule has 1 amide bonds. The Morgan fingerprint density at radius 3 is 2.65 bits per heavy atom. The number of carbonyl (C=O) groups excluding carboxylic acids is 2. The first-order valence-electron chi connectivity index (χ1n) is 5.22. The Bertz CT molecular complexity index is 432. The number of alkyl halides is 1. The first-order chi connectivity index (χ1) is 8.08. The summed E-state index contributed by atoms with van der Waals surface area (Å²) in [5, 5.41) is 2.90. The van der Waals surface area contributed by atoms with Gasteiger partial charge in [-0.3, -0.25) is 9.59 Å². The summed E-state index contributed by atoms with van der Waals surface area (Å²) in [7, 11) is 0. The van der Waals surface area contributed by atoms with Crippen molar-refractivity contribution in [2.24, 2.45) is 0 Å². The summed E-state index contributed by atoms with van der Waals surface area (Å²) in [4.78, 5) is 22.6. The molecule has 1 aromatic rings. The van der Waals surface area contributed by atoms with Gasteiger partial charge in [-0.1, -0.05) is 15.9 Å². The molecule has 1 aromatic carbocycles. The van der Waals surface area contributed by atoms with Gasteiger partial charge in [0.15, 0.2) is 5.78 Å². The first-order valence-corrected chi connectivity index (χ1v) is 6.34. The van der Waals surface area contributed by atoms with Crippen LogP contribution in [0.2, 0.25) is 0 Å². The average Bonchev–Trinajstić information content (AvgIpc) is 2.30. The van der Waals surface area contributed by atoms with Crippen molar-refractivity contribution in [2.45, 2.75) is 13.8 Å². The number of hydrogen-bond donors (Lipinski definition) is 1. The average molecular weight is 300 g/mol. The fraction of sp³-hybridized carbons (Fsp3) is 0.333. The number of halogens is 1. The van der Waals surface area contributed by atoms with Crippen LogP contribution >= 0.6 is 15.9 Å². The molecule has 0 aliphatic heterocycles. The van der Waals surface area contributed by atoms with E-state index in [4.69, 9.17) is 4.74 Å². The number of ketones is 1. The van der Waals surface area contributed by atoms with Crippen LogP contribution in [0.1, 0.15) is 24.2 Å². The molecule has 1 rings (SSSR count). The molecule has 5 heteroatoms. The zero-order valence-corrected chi connectivity index (χ0v) is 11.3. The molecule has 92 valence electrons. The van der Waals surface area contributed by atoms with Crippen molar-refractivity contribution in [1.29, 1.82) is 0 Å². The number of nitrogens with one attached hydrogen (secondary N) is 1. The third-order valence-electron chi connectivity index (χ3n) is 2.03. The molecule has 0 unspecified atom stereocenters. The minimum Gasteiger partial charge on any atom is -0.492 e. The number of amides is 1. The lowest BCUT2D eigenvalue weighted by molar-refractivity contribution is -0.114. The highest BCUT2D eigenvalue weighted by Crippen LogP contribution is 2.26. The van der Waals surface area contributed by atoms with Crippen LogP contribution in [0.15, 0.2) is 18.2 Å². The minimum atomic E-state index is -0.200. The smallest absolute Gasteiger partial charge is 0.221 e. The van der Waals surface area contributed by atoms with Gasteiger partial charge in [-0.25, -0.2) is 0 Å². The van der Waals surface area contributed by atoms with Crippen molar-refractivity contribution in [3.8, 4) is 5.75 Å². The lowest BCUT2D eigenvalue weighted by Crippen LogP contribution is -2.09. The Morgan fingerprint density at radius 1 is 1.41 bits per heavy atom. The summed E-state index contributed by atoms with van der Waals surface area (Å²) in [5.41, 5.74) is 1.06. The van der Waals surface area contributed by atoms with E-state index >= 15 is 0 Å². The molecule has 0 aliphatic carbocycles. The quantitative estimate of drug-likeness (QED) is 0.672. The van der Waals surface area contributed by atoms with Gasteiger partial charge in [0.05, 0.1) is 17.6 Å². The summed E-state index contributed by atoms with van der Waals surface area (Å²) >= 11 is 3.11. The monoisotopic (exact) mass is 299 g/mol. The third-order valence-corrected chi connectivity index (χ3v) is 2.54. The number of ether oxygens (including phenoxy) is 1. The fourth-order valence-electron chi connectivity index (χ4n) is 1.35. The molecule has 0 radical (unpaired) electrons. The summed E-state index contributed by atoms with van der Waals surface area (Å²) in [6, 6.07) is 4.99. The molecule has 0 fully saturated rings. The van der Waals surface area contributed by atoms with Crippen molar-refractivity contribution in [3.63, 3.8) is 0 Å². The predicted octanol–water partition coefficient (Wildman–Crippen LogP) is 2.62. The van der Waals surface area contributed by atoms with Gasteiger partial charge in [0.25, 0.3) is 0 Å². The van der Waals surface area contributed by atoms with E-state index in [-0.39, 0.29) is 17.0 Å². The molecule has 0 aliphatic rings. The largest absolute Gasteiger partial charge is 0.492 e. The second-order valence-electron chi connectivity index (χ2n) is 3.38. The van der Waals surface area contributed by atoms with Crippen LogP contribution in [0.25, 0.3) is 0 Å². The summed E-state index contributed by atoms with van der Waals surface area (Å²) in [6.45, 7) is 3.77. The zero-order chi connectivity index (χ0) is 12.8. The van der Waals surface area contributed by atoms with Gasteiger partial charge in [-0.05, 0) is 25.1 Å². The molecule has 17 heavy (non-hydrogen) atoms. The van der Waals surface area contributed by atoms with Crippen LogP contribution in [0.3, 0.4) is 0 Å². The number of carbonyl (C=O) groups is 2. The van der Waals surface area contributed by atoms with Gasteiger partial charge in [0.2, 0.25) is 5.91 Å². The maximum atomic E-state index is 11.5. The van der Waals surface area contributed by atoms with Crippen LogP contribution in [-0.2, 0) is 4.79 Å². The minimum absolute atomic E-state index is 0.0420. The first kappa shape index (κ1) is 13.7.